The molecular weight excluding hydrogens is 182 g/mol. The highest BCUT2D eigenvalue weighted by Crippen LogP contribution is 2.32. The van der Waals surface area contributed by atoms with Crippen LogP contribution in [0.2, 0.25) is 0 Å². The van der Waals surface area contributed by atoms with Gasteiger partial charge in [-0.2, -0.15) is 0 Å². The molecule has 0 saturated carbocycles. The smallest absolute Gasteiger partial charge is 0.309 e. The summed E-state index contributed by atoms with van der Waals surface area (Å²) in [6, 6.07) is 0. The predicted molar refractivity (Wildman–Crippen MR) is 52.2 cm³/mol. The maximum Gasteiger partial charge on any atom is 0.325 e. The predicted octanol–water partition coefficient (Wildman–Crippen LogP) is -0.256. The van der Waals surface area contributed by atoms with E-state index in [2.05, 4.69) is 9.97 Å². The molecule has 1 aromatic rings. The van der Waals surface area contributed by atoms with Crippen molar-refractivity contribution in [3.8, 4) is 0 Å². The molecule has 5 nitrogen and oxygen atoms in total. The highest BCUT2D eigenvalue weighted by Gasteiger charge is 2.37. The summed E-state index contributed by atoms with van der Waals surface area (Å²) in [4.78, 5) is 29.5. The molecular formula is C9H13N3O2. The van der Waals surface area contributed by atoms with Crippen LogP contribution in [0.25, 0.3) is 0 Å². The van der Waals surface area contributed by atoms with Gasteiger partial charge in [-0.05, 0) is 20.9 Å². The number of rotatable bonds is 0. The van der Waals surface area contributed by atoms with Crippen LogP contribution in [0.5, 0.6) is 0 Å². The fourth-order valence-electron chi connectivity index (χ4n) is 1.81. The molecule has 1 aliphatic heterocycles. The van der Waals surface area contributed by atoms with Gasteiger partial charge in [-0.3, -0.25) is 14.7 Å². The van der Waals surface area contributed by atoms with E-state index in [-0.39, 0.29) is 11.1 Å². The Morgan fingerprint density at radius 1 is 1.29 bits per heavy atom. The minimum absolute atomic E-state index is 0.275. The third kappa shape index (κ3) is 1.05. The van der Waals surface area contributed by atoms with Gasteiger partial charge < -0.3 is 4.98 Å². The molecule has 0 unspecified atom stereocenters. The van der Waals surface area contributed by atoms with E-state index in [0.29, 0.717) is 12.1 Å². The molecule has 2 rings (SSSR count). The number of hydrogen-bond acceptors (Lipinski definition) is 3. The lowest BCUT2D eigenvalue weighted by Crippen LogP contribution is -2.34. The van der Waals surface area contributed by atoms with Crippen LogP contribution >= 0.6 is 0 Å². The lowest BCUT2D eigenvalue weighted by Gasteiger charge is -2.27. The van der Waals surface area contributed by atoms with Gasteiger partial charge in [-0.15, -0.1) is 0 Å². The Bertz CT molecular complexity index is 484. The lowest BCUT2D eigenvalue weighted by molar-refractivity contribution is 0.174. The molecule has 0 saturated heterocycles. The standard InChI is InChI=1S/C9H13N3O2/c1-9(2)6-5(4-12(9)3)7(13)11-8(14)10-6/h4H2,1-3H3,(H2,10,11,13,14). The number of aromatic amines is 2. The molecule has 0 amide bonds. The number of H-pyrrole nitrogens is 2. The molecule has 5 heteroatoms. The van der Waals surface area contributed by atoms with E-state index >= 15 is 0 Å². The van der Waals surface area contributed by atoms with E-state index in [0.717, 1.165) is 5.69 Å². The summed E-state index contributed by atoms with van der Waals surface area (Å²) in [5.74, 6) is 0. The third-order valence-corrected chi connectivity index (χ3v) is 3.00. The van der Waals surface area contributed by atoms with Crippen LogP contribution < -0.4 is 11.2 Å². The van der Waals surface area contributed by atoms with Crippen LogP contribution in [0, 0.1) is 0 Å². The maximum absolute atomic E-state index is 11.5. The van der Waals surface area contributed by atoms with Gasteiger partial charge in [0.2, 0.25) is 0 Å². The molecule has 0 spiro atoms. The fourth-order valence-corrected chi connectivity index (χ4v) is 1.81. The van der Waals surface area contributed by atoms with Gasteiger partial charge in [-0.25, -0.2) is 4.79 Å². The normalized spacial score (nSPS) is 19.6. The van der Waals surface area contributed by atoms with Crippen LogP contribution in [0.3, 0.4) is 0 Å². The van der Waals surface area contributed by atoms with Crippen LogP contribution in [-0.2, 0) is 12.1 Å². The SMILES string of the molecule is CN1Cc2c([nH]c(=O)[nH]c2=O)C1(C)C. The Kier molecular flexibility index (Phi) is 1.69. The molecule has 2 heterocycles. The number of hydrogen-bond donors (Lipinski definition) is 2. The molecule has 1 aromatic heterocycles. The van der Waals surface area contributed by atoms with Crippen LogP contribution in [0.15, 0.2) is 9.59 Å². The molecule has 0 bridgehead atoms. The van der Waals surface area contributed by atoms with Gasteiger partial charge in [0.1, 0.15) is 0 Å². The van der Waals surface area contributed by atoms with E-state index in [1.54, 1.807) is 0 Å². The first-order valence-corrected chi connectivity index (χ1v) is 4.50. The highest BCUT2D eigenvalue weighted by molar-refractivity contribution is 5.28. The van der Waals surface area contributed by atoms with Gasteiger partial charge in [-0.1, -0.05) is 0 Å². The van der Waals surface area contributed by atoms with Crippen molar-refractivity contribution in [3.05, 3.63) is 32.1 Å². The Labute approximate surface area is 80.8 Å². The summed E-state index contributed by atoms with van der Waals surface area (Å²) in [5, 5.41) is 0. The molecule has 0 aromatic carbocycles. The first kappa shape index (κ1) is 9.21. The van der Waals surface area contributed by atoms with Gasteiger partial charge in [0.15, 0.2) is 0 Å². The van der Waals surface area contributed by atoms with Gasteiger partial charge >= 0.3 is 5.69 Å². The van der Waals surface area contributed by atoms with Crippen molar-refractivity contribution >= 4 is 0 Å². The molecule has 0 radical (unpaired) electrons. The van der Waals surface area contributed by atoms with Gasteiger partial charge in [0.05, 0.1) is 11.1 Å². The van der Waals surface area contributed by atoms with E-state index < -0.39 is 5.69 Å². The summed E-state index contributed by atoms with van der Waals surface area (Å²) in [6.45, 7) is 4.54. The van der Waals surface area contributed by atoms with Crippen molar-refractivity contribution in [2.24, 2.45) is 0 Å². The lowest BCUT2D eigenvalue weighted by atomic mass is 10.0. The Morgan fingerprint density at radius 3 is 2.57 bits per heavy atom. The van der Waals surface area contributed by atoms with Gasteiger partial charge in [0.25, 0.3) is 5.56 Å². The van der Waals surface area contributed by atoms with E-state index in [1.807, 2.05) is 25.8 Å². The van der Waals surface area contributed by atoms with Crippen molar-refractivity contribution < 1.29 is 0 Å². The zero-order valence-electron chi connectivity index (χ0n) is 8.47. The van der Waals surface area contributed by atoms with Gasteiger partial charge in [0, 0.05) is 12.2 Å². The second-order valence-corrected chi connectivity index (χ2v) is 4.18. The minimum Gasteiger partial charge on any atom is -0.309 e. The van der Waals surface area contributed by atoms with Crippen molar-refractivity contribution in [1.82, 2.24) is 14.9 Å². The van der Waals surface area contributed by atoms with E-state index in [4.69, 9.17) is 0 Å². The van der Waals surface area contributed by atoms with Crippen molar-refractivity contribution in [3.63, 3.8) is 0 Å². The number of fused-ring (bicyclic) bond motifs is 1. The third-order valence-electron chi connectivity index (χ3n) is 3.00. The fraction of sp³-hybridized carbons (Fsp3) is 0.556. The van der Waals surface area contributed by atoms with Crippen LogP contribution in [0.1, 0.15) is 25.1 Å². The average molecular weight is 195 g/mol. The molecule has 1 aliphatic rings. The first-order chi connectivity index (χ1) is 6.43. The van der Waals surface area contributed by atoms with Crippen molar-refractivity contribution in [2.45, 2.75) is 25.9 Å². The first-order valence-electron chi connectivity index (χ1n) is 4.50. The largest absolute Gasteiger partial charge is 0.325 e. The number of aromatic nitrogens is 2. The summed E-state index contributed by atoms with van der Waals surface area (Å²) < 4.78 is 0. The van der Waals surface area contributed by atoms with Crippen LogP contribution in [-0.4, -0.2) is 21.9 Å². The second kappa shape index (κ2) is 2.57. The quantitative estimate of drug-likeness (QED) is 0.599. The summed E-state index contributed by atoms with van der Waals surface area (Å²) >= 11 is 0. The molecule has 2 N–H and O–H groups in total. The zero-order valence-corrected chi connectivity index (χ0v) is 8.47. The number of nitrogens with zero attached hydrogens (tertiary/aromatic N) is 1. The average Bonchev–Trinajstić information content (AvgIpc) is 2.28. The van der Waals surface area contributed by atoms with Crippen molar-refractivity contribution in [2.75, 3.05) is 7.05 Å². The molecule has 76 valence electrons. The van der Waals surface area contributed by atoms with Crippen LogP contribution in [0.4, 0.5) is 0 Å². The van der Waals surface area contributed by atoms with Crippen molar-refractivity contribution in [1.29, 1.82) is 0 Å². The molecule has 0 aliphatic carbocycles. The number of nitrogens with one attached hydrogen (secondary N) is 2. The van der Waals surface area contributed by atoms with E-state index in [9.17, 15) is 9.59 Å². The van der Waals surface area contributed by atoms with E-state index in [1.165, 1.54) is 0 Å². The highest BCUT2D eigenvalue weighted by atomic mass is 16.2. The summed E-state index contributed by atoms with van der Waals surface area (Å²) in [7, 11) is 1.93. The Balaban J connectivity index is 2.78. The topological polar surface area (TPSA) is 69.0 Å². The second-order valence-electron chi connectivity index (χ2n) is 4.18. The monoisotopic (exact) mass is 195 g/mol. The molecule has 0 atom stereocenters. The molecule has 0 fully saturated rings. The Morgan fingerprint density at radius 2 is 1.93 bits per heavy atom. The zero-order chi connectivity index (χ0) is 10.5. The summed E-state index contributed by atoms with van der Waals surface area (Å²) in [6.07, 6.45) is 0. The molecule has 14 heavy (non-hydrogen) atoms. The minimum atomic E-state index is -0.433. The summed E-state index contributed by atoms with van der Waals surface area (Å²) in [5.41, 5.74) is 0.409. The maximum atomic E-state index is 11.5. The Hall–Kier alpha value is -1.36.